The number of carbonyl (C=O) groups excluding carboxylic acids is 1. The number of rotatable bonds is 14. The van der Waals surface area contributed by atoms with Gasteiger partial charge in [0.15, 0.2) is 0 Å². The normalized spacial score (nSPS) is 17.6. The average Bonchev–Trinajstić information content (AvgIpc) is 3.41. The van der Waals surface area contributed by atoms with Gasteiger partial charge in [0.25, 0.3) is 0 Å². The maximum absolute atomic E-state index is 13.5. The van der Waals surface area contributed by atoms with E-state index in [1.165, 1.54) is 23.5 Å². The Morgan fingerprint density at radius 3 is 2.43 bits per heavy atom. The maximum atomic E-state index is 13.5. The second kappa shape index (κ2) is 13.9. The van der Waals surface area contributed by atoms with Crippen LogP contribution in [0, 0.1) is 5.92 Å². The molecule has 0 bridgehead atoms. The van der Waals surface area contributed by atoms with Gasteiger partial charge < -0.3 is 25.2 Å². The van der Waals surface area contributed by atoms with Crippen molar-refractivity contribution < 1.29 is 27.8 Å². The molecule has 2 aromatic carbocycles. The molecule has 9 nitrogen and oxygen atoms in total. The average molecular weight is 534 g/mol. The van der Waals surface area contributed by atoms with E-state index < -0.39 is 22.2 Å². The van der Waals surface area contributed by atoms with Crippen molar-refractivity contribution in [2.45, 2.75) is 49.8 Å². The van der Waals surface area contributed by atoms with Gasteiger partial charge in [-0.3, -0.25) is 4.79 Å². The molecular formula is C27H39N3O6S. The lowest BCUT2D eigenvalue weighted by Crippen LogP contribution is -2.53. The Hall–Kier alpha value is -2.50. The molecule has 3 N–H and O–H groups in total. The van der Waals surface area contributed by atoms with Crippen molar-refractivity contribution in [3.05, 3.63) is 60.2 Å². The molecule has 1 amide bonds. The molecule has 3 rings (SSSR count). The third kappa shape index (κ3) is 8.79. The minimum atomic E-state index is -3.89. The largest absolute Gasteiger partial charge is 0.497 e. The number of benzene rings is 2. The van der Waals surface area contributed by atoms with Crippen molar-refractivity contribution in [1.82, 2.24) is 14.9 Å². The Balaban J connectivity index is 1.77. The Bertz CT molecular complexity index is 1070. The van der Waals surface area contributed by atoms with Crippen LogP contribution >= 0.6 is 0 Å². The number of hydrogen-bond donors (Lipinski definition) is 3. The molecule has 10 heteroatoms. The number of carbonyl (C=O) groups is 1. The van der Waals surface area contributed by atoms with Gasteiger partial charge in [0.05, 0.1) is 37.3 Å². The zero-order chi connectivity index (χ0) is 26.8. The fourth-order valence-electron chi connectivity index (χ4n) is 4.25. The SMILES string of the molecule is COc1ccc(S(=O)(=O)N(CC(C)C)C[C@@H](O)[C@H](Cc2ccccc2)NC(=O)CN[C@H]2CCOC2)cc1. The molecule has 0 aromatic heterocycles. The fourth-order valence-corrected chi connectivity index (χ4v) is 5.87. The second-order valence-electron chi connectivity index (χ2n) is 9.76. The smallest absolute Gasteiger partial charge is 0.243 e. The first-order chi connectivity index (χ1) is 17.7. The van der Waals surface area contributed by atoms with Crippen molar-refractivity contribution in [3.8, 4) is 5.75 Å². The van der Waals surface area contributed by atoms with E-state index in [1.807, 2.05) is 44.2 Å². The van der Waals surface area contributed by atoms with Crippen molar-refractivity contribution in [3.63, 3.8) is 0 Å². The van der Waals surface area contributed by atoms with Crippen LogP contribution in [0.1, 0.15) is 25.8 Å². The monoisotopic (exact) mass is 533 g/mol. The zero-order valence-corrected chi connectivity index (χ0v) is 22.6. The molecule has 1 aliphatic heterocycles. The van der Waals surface area contributed by atoms with Crippen molar-refractivity contribution >= 4 is 15.9 Å². The first-order valence-electron chi connectivity index (χ1n) is 12.7. The number of methoxy groups -OCH3 is 1. The number of aliphatic hydroxyl groups excluding tert-OH is 1. The molecule has 0 unspecified atom stereocenters. The van der Waals surface area contributed by atoms with Gasteiger partial charge in [-0.2, -0.15) is 4.31 Å². The summed E-state index contributed by atoms with van der Waals surface area (Å²) in [6.07, 6.45) is 0.0699. The van der Waals surface area contributed by atoms with E-state index in [1.54, 1.807) is 12.1 Å². The van der Waals surface area contributed by atoms with Crippen LogP contribution in [0.15, 0.2) is 59.5 Å². The standard InChI is InChI=1S/C27H39N3O6S/c1-20(2)17-30(37(33,34)24-11-9-23(35-3)10-12-24)18-26(31)25(15-21-7-5-4-6-8-21)29-27(32)16-28-22-13-14-36-19-22/h4-12,20,22,25-26,28,31H,13-19H2,1-3H3,(H,29,32)/t22-,25-,26+/m0/s1. The highest BCUT2D eigenvalue weighted by atomic mass is 32.2. The molecule has 1 aliphatic rings. The van der Waals surface area contributed by atoms with E-state index >= 15 is 0 Å². The molecule has 0 radical (unpaired) electrons. The Kier molecular flexibility index (Phi) is 10.9. The molecular weight excluding hydrogens is 494 g/mol. The molecule has 1 fully saturated rings. The van der Waals surface area contributed by atoms with Crippen molar-refractivity contribution in [1.29, 1.82) is 0 Å². The van der Waals surface area contributed by atoms with Crippen LogP contribution in [-0.4, -0.2) is 81.9 Å². The fraction of sp³-hybridized carbons (Fsp3) is 0.519. The van der Waals surface area contributed by atoms with Gasteiger partial charge in [-0.25, -0.2) is 8.42 Å². The van der Waals surface area contributed by atoms with Gasteiger partial charge in [-0.1, -0.05) is 44.2 Å². The zero-order valence-electron chi connectivity index (χ0n) is 21.8. The predicted octanol–water partition coefficient (Wildman–Crippen LogP) is 1.81. The van der Waals surface area contributed by atoms with Crippen LogP contribution in [0.3, 0.4) is 0 Å². The van der Waals surface area contributed by atoms with Gasteiger partial charge in [-0.05, 0) is 48.6 Å². The lowest BCUT2D eigenvalue weighted by Gasteiger charge is -2.31. The minimum Gasteiger partial charge on any atom is -0.497 e. The summed E-state index contributed by atoms with van der Waals surface area (Å²) in [6, 6.07) is 15.1. The third-order valence-corrected chi connectivity index (χ3v) is 8.09. The topological polar surface area (TPSA) is 117 Å². The number of aliphatic hydroxyl groups is 1. The summed E-state index contributed by atoms with van der Waals surface area (Å²) < 4.78 is 38.8. The van der Waals surface area contributed by atoms with E-state index in [9.17, 15) is 18.3 Å². The highest BCUT2D eigenvalue weighted by Gasteiger charge is 2.31. The van der Waals surface area contributed by atoms with Crippen LogP contribution in [0.2, 0.25) is 0 Å². The molecule has 1 saturated heterocycles. The number of nitrogens with one attached hydrogen (secondary N) is 2. The van der Waals surface area contributed by atoms with Crippen LogP contribution in [-0.2, 0) is 26.0 Å². The number of ether oxygens (including phenoxy) is 2. The van der Waals surface area contributed by atoms with Gasteiger partial charge in [-0.15, -0.1) is 0 Å². The lowest BCUT2D eigenvalue weighted by molar-refractivity contribution is -0.122. The van der Waals surface area contributed by atoms with Gasteiger partial charge in [0.1, 0.15) is 5.75 Å². The third-order valence-electron chi connectivity index (χ3n) is 6.25. The predicted molar refractivity (Wildman–Crippen MR) is 142 cm³/mol. The number of hydrogen-bond acceptors (Lipinski definition) is 7. The minimum absolute atomic E-state index is 0.0280. The van der Waals surface area contributed by atoms with Gasteiger partial charge in [0, 0.05) is 25.7 Å². The first-order valence-corrected chi connectivity index (χ1v) is 14.1. The second-order valence-corrected chi connectivity index (χ2v) is 11.7. The van der Waals surface area contributed by atoms with Crippen molar-refractivity contribution in [2.75, 3.05) is 40.0 Å². The molecule has 3 atom stereocenters. The Morgan fingerprint density at radius 2 is 1.84 bits per heavy atom. The molecule has 37 heavy (non-hydrogen) atoms. The molecule has 0 spiro atoms. The number of sulfonamides is 1. The highest BCUT2D eigenvalue weighted by molar-refractivity contribution is 7.89. The summed E-state index contributed by atoms with van der Waals surface area (Å²) in [6.45, 7) is 5.23. The summed E-state index contributed by atoms with van der Waals surface area (Å²) in [7, 11) is -2.38. The lowest BCUT2D eigenvalue weighted by atomic mass is 10.0. The number of nitrogens with zero attached hydrogens (tertiary/aromatic N) is 1. The van der Waals surface area contributed by atoms with Crippen LogP contribution in [0.25, 0.3) is 0 Å². The molecule has 2 aromatic rings. The Labute approximate surface area is 220 Å². The molecule has 0 aliphatic carbocycles. The molecule has 204 valence electrons. The summed E-state index contributed by atoms with van der Waals surface area (Å²) in [4.78, 5) is 12.9. The van der Waals surface area contributed by atoms with E-state index in [2.05, 4.69) is 10.6 Å². The Morgan fingerprint density at radius 1 is 1.14 bits per heavy atom. The van der Waals surface area contributed by atoms with Crippen LogP contribution < -0.4 is 15.4 Å². The molecule has 0 saturated carbocycles. The summed E-state index contributed by atoms with van der Waals surface area (Å²) in [5.41, 5.74) is 0.928. The quantitative estimate of drug-likeness (QED) is 0.339. The number of amides is 1. The van der Waals surface area contributed by atoms with E-state index in [0.29, 0.717) is 25.4 Å². The van der Waals surface area contributed by atoms with Gasteiger partial charge in [0.2, 0.25) is 15.9 Å². The van der Waals surface area contributed by atoms with E-state index in [-0.39, 0.29) is 42.4 Å². The van der Waals surface area contributed by atoms with E-state index in [4.69, 9.17) is 9.47 Å². The summed E-state index contributed by atoms with van der Waals surface area (Å²) >= 11 is 0. The highest BCUT2D eigenvalue weighted by Crippen LogP contribution is 2.21. The first kappa shape index (κ1) is 29.1. The van der Waals surface area contributed by atoms with Gasteiger partial charge >= 0.3 is 0 Å². The van der Waals surface area contributed by atoms with E-state index in [0.717, 1.165) is 12.0 Å². The molecule has 1 heterocycles. The summed E-state index contributed by atoms with van der Waals surface area (Å²) in [5, 5.41) is 17.4. The van der Waals surface area contributed by atoms with Crippen LogP contribution in [0.5, 0.6) is 5.75 Å². The van der Waals surface area contributed by atoms with Crippen LogP contribution in [0.4, 0.5) is 0 Å². The van der Waals surface area contributed by atoms with Crippen molar-refractivity contribution in [2.24, 2.45) is 5.92 Å². The maximum Gasteiger partial charge on any atom is 0.243 e. The summed E-state index contributed by atoms with van der Waals surface area (Å²) in [5.74, 6) is 0.318.